The first kappa shape index (κ1) is 24.2. The summed E-state index contributed by atoms with van der Waals surface area (Å²) in [5.74, 6) is -3.13. The van der Waals surface area contributed by atoms with E-state index in [-0.39, 0.29) is 17.3 Å². The van der Waals surface area contributed by atoms with Crippen molar-refractivity contribution in [2.24, 2.45) is 5.92 Å². The number of benzene rings is 4. The van der Waals surface area contributed by atoms with Gasteiger partial charge in [0.15, 0.2) is 11.6 Å². The van der Waals surface area contributed by atoms with Crippen molar-refractivity contribution in [2.75, 3.05) is 10.2 Å². The van der Waals surface area contributed by atoms with Crippen LogP contribution in [0.25, 0.3) is 5.57 Å². The fourth-order valence-corrected chi connectivity index (χ4v) is 6.99. The zero-order valence-electron chi connectivity index (χ0n) is 21.7. The van der Waals surface area contributed by atoms with E-state index in [1.165, 1.54) is 18.2 Å². The number of nitrogens with one attached hydrogen (secondary N) is 1. The highest BCUT2D eigenvalue weighted by atomic mass is 19.1. The maximum atomic E-state index is 15.3. The van der Waals surface area contributed by atoms with Crippen LogP contribution in [0.4, 0.5) is 15.8 Å². The summed E-state index contributed by atoms with van der Waals surface area (Å²) in [6.07, 6.45) is 1.99. The highest BCUT2D eigenvalue weighted by molar-refractivity contribution is 6.18. The van der Waals surface area contributed by atoms with Crippen molar-refractivity contribution >= 4 is 34.4 Å². The van der Waals surface area contributed by atoms with E-state index in [1.807, 2.05) is 66.4 Å². The van der Waals surface area contributed by atoms with Crippen LogP contribution < -0.4 is 10.2 Å². The van der Waals surface area contributed by atoms with E-state index >= 15 is 4.39 Å². The van der Waals surface area contributed by atoms with Gasteiger partial charge in [0.25, 0.3) is 0 Å². The standard InChI is InChI=1S/C34H25FN2O3/c1-20-19-28-34(24-15-7-9-17-26(24)36-33(34)40)29(32(39)23-14-5-8-16-25(23)35)30(31(38)21-11-3-2-4-12-21)37(28)27-18-10-6-13-22(20)27/h2-19,28-30H,1H3,(H,36,40)/t28-,29+,30-,34+/m1/s1. The Morgan fingerprint density at radius 1 is 0.825 bits per heavy atom. The number of amides is 1. The largest absolute Gasteiger partial charge is 0.352 e. The highest BCUT2D eigenvalue weighted by Crippen LogP contribution is 2.58. The molecular formula is C34H25FN2O3. The molecule has 0 unspecified atom stereocenters. The molecule has 1 amide bonds. The average Bonchev–Trinajstić information content (AvgIpc) is 3.45. The lowest BCUT2D eigenvalue weighted by Gasteiger charge is -2.39. The van der Waals surface area contributed by atoms with Crippen LogP contribution in [-0.2, 0) is 10.2 Å². The zero-order valence-corrected chi connectivity index (χ0v) is 21.7. The molecule has 0 aliphatic carbocycles. The predicted molar refractivity (Wildman–Crippen MR) is 152 cm³/mol. The van der Waals surface area contributed by atoms with E-state index in [1.54, 1.807) is 36.4 Å². The number of hydrogen-bond acceptors (Lipinski definition) is 4. The van der Waals surface area contributed by atoms with Crippen LogP contribution in [0.15, 0.2) is 109 Å². The Morgan fingerprint density at radius 2 is 1.50 bits per heavy atom. The second-order valence-corrected chi connectivity index (χ2v) is 10.6. The average molecular weight is 529 g/mol. The first-order chi connectivity index (χ1) is 19.4. The summed E-state index contributed by atoms with van der Waals surface area (Å²) in [6.45, 7) is 1.97. The van der Waals surface area contributed by atoms with Crippen LogP contribution in [0.5, 0.6) is 0 Å². The number of Topliss-reactive ketones (excluding diaryl/α,β-unsaturated/α-hetero) is 2. The normalized spacial score (nSPS) is 24.1. The van der Waals surface area contributed by atoms with Crippen molar-refractivity contribution in [1.29, 1.82) is 0 Å². The summed E-state index contributed by atoms with van der Waals surface area (Å²) >= 11 is 0. The fourth-order valence-electron chi connectivity index (χ4n) is 6.99. The van der Waals surface area contributed by atoms with Crippen molar-refractivity contribution in [3.05, 3.63) is 137 Å². The SMILES string of the molecule is CC1=C[C@H]2N(c3ccccc31)[C@@H](C(=O)c1ccccc1)[C@@H](C(=O)c1ccccc1F)[C@@]21C(=O)Nc2ccccc21. The molecule has 6 heteroatoms. The predicted octanol–water partition coefficient (Wildman–Crippen LogP) is 6.07. The van der Waals surface area contributed by atoms with Gasteiger partial charge in [0.1, 0.15) is 17.3 Å². The summed E-state index contributed by atoms with van der Waals surface area (Å²) in [5, 5.41) is 3.00. The van der Waals surface area contributed by atoms with Gasteiger partial charge in [0, 0.05) is 22.5 Å². The van der Waals surface area contributed by atoms with Crippen molar-refractivity contribution in [2.45, 2.75) is 24.4 Å². The van der Waals surface area contributed by atoms with E-state index in [2.05, 4.69) is 5.32 Å². The molecule has 7 rings (SSSR count). The van der Waals surface area contributed by atoms with Crippen LogP contribution in [0, 0.1) is 11.7 Å². The molecule has 1 N–H and O–H groups in total. The lowest BCUT2D eigenvalue weighted by Crippen LogP contribution is -2.51. The maximum Gasteiger partial charge on any atom is 0.238 e. The second kappa shape index (κ2) is 8.85. The quantitative estimate of drug-likeness (QED) is 0.327. The molecule has 0 radical (unpaired) electrons. The number of nitrogens with zero attached hydrogens (tertiary/aromatic N) is 1. The number of allylic oxidation sites excluding steroid dienone is 1. The van der Waals surface area contributed by atoms with E-state index in [0.29, 0.717) is 16.8 Å². The molecule has 4 aromatic carbocycles. The monoisotopic (exact) mass is 528 g/mol. The third kappa shape index (κ3) is 3.16. The molecule has 1 spiro atoms. The van der Waals surface area contributed by atoms with Gasteiger partial charge in [0.2, 0.25) is 5.91 Å². The summed E-state index contributed by atoms with van der Waals surface area (Å²) in [6, 6.07) is 27.9. The Labute approximate surface area is 231 Å². The fraction of sp³-hybridized carbons (Fsp3) is 0.147. The third-order valence-electron chi connectivity index (χ3n) is 8.63. The number of carbonyl (C=O) groups is 3. The van der Waals surface area contributed by atoms with Gasteiger partial charge in [-0.2, -0.15) is 0 Å². The third-order valence-corrected chi connectivity index (χ3v) is 8.63. The molecule has 4 aromatic rings. The topological polar surface area (TPSA) is 66.5 Å². The number of hydrogen-bond donors (Lipinski definition) is 1. The Balaban J connectivity index is 1.57. The molecule has 0 bridgehead atoms. The zero-order chi connectivity index (χ0) is 27.6. The Hall–Kier alpha value is -4.84. The van der Waals surface area contributed by atoms with Gasteiger partial charge in [0.05, 0.1) is 17.5 Å². The first-order valence-electron chi connectivity index (χ1n) is 13.3. The molecule has 4 atom stereocenters. The van der Waals surface area contributed by atoms with Crippen LogP contribution in [-0.4, -0.2) is 29.6 Å². The van der Waals surface area contributed by atoms with Crippen LogP contribution in [0.1, 0.15) is 38.8 Å². The highest BCUT2D eigenvalue weighted by Gasteiger charge is 2.70. The van der Waals surface area contributed by atoms with Crippen molar-refractivity contribution in [3.63, 3.8) is 0 Å². The minimum absolute atomic E-state index is 0.135. The van der Waals surface area contributed by atoms with E-state index < -0.39 is 35.0 Å². The molecule has 1 saturated heterocycles. The van der Waals surface area contributed by atoms with Crippen molar-refractivity contribution in [1.82, 2.24) is 0 Å². The Kier molecular flexibility index (Phi) is 5.36. The number of anilines is 2. The molecule has 196 valence electrons. The lowest BCUT2D eigenvalue weighted by molar-refractivity contribution is -0.121. The molecule has 1 fully saturated rings. The van der Waals surface area contributed by atoms with Crippen LogP contribution >= 0.6 is 0 Å². The first-order valence-corrected chi connectivity index (χ1v) is 13.3. The van der Waals surface area contributed by atoms with Gasteiger partial charge in [-0.05, 0) is 42.3 Å². The number of para-hydroxylation sites is 2. The Bertz CT molecular complexity index is 1750. The summed E-state index contributed by atoms with van der Waals surface area (Å²) < 4.78 is 15.3. The van der Waals surface area contributed by atoms with E-state index in [9.17, 15) is 14.4 Å². The Morgan fingerprint density at radius 3 is 2.30 bits per heavy atom. The van der Waals surface area contributed by atoms with Gasteiger partial charge < -0.3 is 10.2 Å². The van der Waals surface area contributed by atoms with Crippen molar-refractivity contribution < 1.29 is 18.8 Å². The minimum atomic E-state index is -1.47. The molecule has 5 nitrogen and oxygen atoms in total. The van der Waals surface area contributed by atoms with Crippen LogP contribution in [0.3, 0.4) is 0 Å². The molecular weight excluding hydrogens is 503 g/mol. The van der Waals surface area contributed by atoms with Crippen molar-refractivity contribution in [3.8, 4) is 0 Å². The number of carbonyl (C=O) groups excluding carboxylic acids is 3. The van der Waals surface area contributed by atoms with Gasteiger partial charge in [-0.1, -0.05) is 84.9 Å². The van der Waals surface area contributed by atoms with Gasteiger partial charge in [-0.15, -0.1) is 0 Å². The summed E-state index contributed by atoms with van der Waals surface area (Å²) in [4.78, 5) is 45.5. The van der Waals surface area contributed by atoms with Crippen LogP contribution in [0.2, 0.25) is 0 Å². The number of fused-ring (bicyclic) bond motifs is 6. The molecule has 0 saturated carbocycles. The van der Waals surface area contributed by atoms with Gasteiger partial charge in [-0.25, -0.2) is 4.39 Å². The van der Waals surface area contributed by atoms with E-state index in [4.69, 9.17) is 0 Å². The summed E-state index contributed by atoms with van der Waals surface area (Å²) in [5.41, 5.74) is 2.67. The number of rotatable bonds is 4. The smallest absolute Gasteiger partial charge is 0.238 e. The molecule has 40 heavy (non-hydrogen) atoms. The molecule has 3 aliphatic rings. The summed E-state index contributed by atoms with van der Waals surface area (Å²) in [7, 11) is 0. The lowest BCUT2D eigenvalue weighted by atomic mass is 9.64. The minimum Gasteiger partial charge on any atom is -0.352 e. The molecule has 0 aromatic heterocycles. The van der Waals surface area contributed by atoms with Gasteiger partial charge >= 0.3 is 0 Å². The molecule has 3 heterocycles. The second-order valence-electron chi connectivity index (χ2n) is 10.6. The number of halogens is 1. The van der Waals surface area contributed by atoms with E-state index in [0.717, 1.165) is 16.8 Å². The number of ketones is 2. The van der Waals surface area contributed by atoms with Gasteiger partial charge in [-0.3, -0.25) is 14.4 Å². The maximum absolute atomic E-state index is 15.3. The molecule has 3 aliphatic heterocycles.